The van der Waals surface area contributed by atoms with Crippen LogP contribution in [-0.2, 0) is 32.3 Å². The van der Waals surface area contributed by atoms with E-state index in [2.05, 4.69) is 5.32 Å². The van der Waals surface area contributed by atoms with Gasteiger partial charge in [0.2, 0.25) is 21.8 Å². The van der Waals surface area contributed by atoms with E-state index in [1.165, 1.54) is 12.0 Å². The minimum absolute atomic E-state index is 0.0797. The molecule has 1 unspecified atom stereocenters. The van der Waals surface area contributed by atoms with Crippen LogP contribution >= 0.6 is 11.6 Å². The van der Waals surface area contributed by atoms with Gasteiger partial charge in [-0.05, 0) is 48.7 Å². The van der Waals surface area contributed by atoms with Crippen LogP contribution in [0.3, 0.4) is 0 Å². The number of halogens is 4. The molecular weight excluding hydrogens is 559 g/mol. The van der Waals surface area contributed by atoms with Crippen molar-refractivity contribution in [2.24, 2.45) is 0 Å². The van der Waals surface area contributed by atoms with Gasteiger partial charge in [-0.3, -0.25) is 13.9 Å². The van der Waals surface area contributed by atoms with Gasteiger partial charge < -0.3 is 15.0 Å². The summed E-state index contributed by atoms with van der Waals surface area (Å²) in [6, 6.07) is 8.03. The van der Waals surface area contributed by atoms with Crippen molar-refractivity contribution in [3.8, 4) is 5.75 Å². The van der Waals surface area contributed by atoms with E-state index in [4.69, 9.17) is 16.3 Å². The maximum atomic E-state index is 13.7. The van der Waals surface area contributed by atoms with Crippen molar-refractivity contribution >= 4 is 39.1 Å². The number of rotatable bonds is 13. The number of carbonyl (C=O) groups is 2. The molecule has 216 valence electrons. The summed E-state index contributed by atoms with van der Waals surface area (Å²) in [6.07, 6.45) is -2.24. The third-order valence-corrected chi connectivity index (χ3v) is 7.37. The molecule has 2 amide bonds. The summed E-state index contributed by atoms with van der Waals surface area (Å²) in [5.41, 5.74) is -1.02. The average molecular weight is 592 g/mol. The van der Waals surface area contributed by atoms with Crippen molar-refractivity contribution in [2.75, 3.05) is 30.8 Å². The molecule has 0 radical (unpaired) electrons. The molecule has 1 N–H and O–H groups in total. The molecule has 0 bridgehead atoms. The van der Waals surface area contributed by atoms with Gasteiger partial charge in [-0.1, -0.05) is 44.0 Å². The highest BCUT2D eigenvalue weighted by atomic mass is 35.5. The number of alkyl halides is 3. The van der Waals surface area contributed by atoms with Crippen LogP contribution in [0.1, 0.15) is 44.2 Å². The number of carbonyl (C=O) groups excluding carboxylic acids is 2. The van der Waals surface area contributed by atoms with Crippen molar-refractivity contribution < 1.29 is 35.9 Å². The quantitative estimate of drug-likeness (QED) is 0.336. The first-order valence-corrected chi connectivity index (χ1v) is 14.5. The number of benzene rings is 2. The highest BCUT2D eigenvalue weighted by Crippen LogP contribution is 2.36. The molecule has 2 aromatic carbocycles. The van der Waals surface area contributed by atoms with Crippen LogP contribution in [0, 0.1) is 0 Å². The molecule has 0 saturated carbocycles. The molecule has 39 heavy (non-hydrogen) atoms. The fraction of sp³-hybridized carbons (Fsp3) is 0.462. The van der Waals surface area contributed by atoms with Crippen molar-refractivity contribution in [3.05, 3.63) is 58.6 Å². The van der Waals surface area contributed by atoms with E-state index in [-0.39, 0.29) is 18.0 Å². The van der Waals surface area contributed by atoms with E-state index in [1.54, 1.807) is 31.2 Å². The molecular formula is C26H33ClF3N3O5S. The van der Waals surface area contributed by atoms with Crippen LogP contribution in [0.4, 0.5) is 18.9 Å². The Hall–Kier alpha value is -2.99. The highest BCUT2D eigenvalue weighted by molar-refractivity contribution is 7.92. The summed E-state index contributed by atoms with van der Waals surface area (Å²) in [4.78, 5) is 28.0. The maximum Gasteiger partial charge on any atom is 0.416 e. The summed E-state index contributed by atoms with van der Waals surface area (Å²) in [6.45, 7) is 3.10. The van der Waals surface area contributed by atoms with Gasteiger partial charge in [0.25, 0.3) is 0 Å². The molecule has 13 heteroatoms. The molecule has 2 rings (SSSR count). The Balaban J connectivity index is 2.53. The van der Waals surface area contributed by atoms with Gasteiger partial charge >= 0.3 is 6.18 Å². The van der Waals surface area contributed by atoms with Crippen LogP contribution < -0.4 is 14.4 Å². The van der Waals surface area contributed by atoms with Gasteiger partial charge in [0.15, 0.2) is 0 Å². The third kappa shape index (κ3) is 9.03. The fourth-order valence-corrected chi connectivity index (χ4v) is 4.99. The Morgan fingerprint density at radius 2 is 1.82 bits per heavy atom. The molecule has 0 saturated heterocycles. The van der Waals surface area contributed by atoms with Gasteiger partial charge in [-0.15, -0.1) is 0 Å². The SMILES string of the molecule is CCCCNC(=O)C(CC)N(Cc1cccc(OC)c1)C(=O)CN(c1cc(C(F)(F)F)ccc1Cl)S(C)(=O)=O. The largest absolute Gasteiger partial charge is 0.497 e. The van der Waals surface area contributed by atoms with Crippen LogP contribution in [0.25, 0.3) is 0 Å². The zero-order valence-corrected chi connectivity index (χ0v) is 23.8. The van der Waals surface area contributed by atoms with Gasteiger partial charge in [0, 0.05) is 13.1 Å². The summed E-state index contributed by atoms with van der Waals surface area (Å²) >= 11 is 6.11. The monoisotopic (exact) mass is 591 g/mol. The molecule has 0 aliphatic carbocycles. The van der Waals surface area contributed by atoms with Crippen LogP contribution in [0.5, 0.6) is 5.75 Å². The second kappa shape index (κ2) is 13.9. The van der Waals surface area contributed by atoms with E-state index < -0.39 is 51.9 Å². The Kier molecular flexibility index (Phi) is 11.5. The lowest BCUT2D eigenvalue weighted by Crippen LogP contribution is -2.52. The predicted octanol–water partition coefficient (Wildman–Crippen LogP) is 4.86. The molecule has 0 aromatic heterocycles. The lowest BCUT2D eigenvalue weighted by Gasteiger charge is -2.33. The van der Waals surface area contributed by atoms with E-state index in [1.807, 2.05) is 6.92 Å². The van der Waals surface area contributed by atoms with Crippen LogP contribution in [0.2, 0.25) is 5.02 Å². The fourth-order valence-electron chi connectivity index (χ4n) is 3.87. The topological polar surface area (TPSA) is 96.0 Å². The number of hydrogen-bond acceptors (Lipinski definition) is 5. The normalized spacial score (nSPS) is 12.5. The molecule has 0 fully saturated rings. The van der Waals surface area contributed by atoms with Gasteiger partial charge in [-0.2, -0.15) is 13.2 Å². The number of methoxy groups -OCH3 is 1. The molecule has 0 heterocycles. The first-order chi connectivity index (χ1) is 18.2. The van der Waals surface area contributed by atoms with Gasteiger partial charge in [0.05, 0.1) is 29.6 Å². The summed E-state index contributed by atoms with van der Waals surface area (Å²) in [5.74, 6) is -0.715. The molecule has 1 atom stereocenters. The first kappa shape index (κ1) is 32.2. The Labute approximate surface area is 232 Å². The molecule has 2 aromatic rings. The zero-order valence-electron chi connectivity index (χ0n) is 22.2. The third-order valence-electron chi connectivity index (χ3n) is 5.92. The number of sulfonamides is 1. The average Bonchev–Trinajstić information content (AvgIpc) is 2.86. The number of nitrogens with one attached hydrogen (secondary N) is 1. The van der Waals surface area contributed by atoms with Gasteiger partial charge in [0.1, 0.15) is 18.3 Å². The van der Waals surface area contributed by atoms with Gasteiger partial charge in [-0.25, -0.2) is 8.42 Å². The second-order valence-electron chi connectivity index (χ2n) is 8.88. The molecule has 0 spiro atoms. The van der Waals surface area contributed by atoms with Crippen molar-refractivity contribution in [2.45, 2.75) is 51.9 Å². The van der Waals surface area contributed by atoms with Crippen LogP contribution in [-0.4, -0.2) is 57.6 Å². The lowest BCUT2D eigenvalue weighted by molar-refractivity contribution is -0.140. The molecule has 0 aliphatic heterocycles. The minimum Gasteiger partial charge on any atom is -0.497 e. The van der Waals surface area contributed by atoms with Crippen molar-refractivity contribution in [1.82, 2.24) is 10.2 Å². The smallest absolute Gasteiger partial charge is 0.416 e. The summed E-state index contributed by atoms with van der Waals surface area (Å²) < 4.78 is 71.3. The first-order valence-electron chi connectivity index (χ1n) is 12.3. The minimum atomic E-state index is -4.77. The van der Waals surface area contributed by atoms with E-state index >= 15 is 0 Å². The van der Waals surface area contributed by atoms with E-state index in [0.717, 1.165) is 31.2 Å². The predicted molar refractivity (Wildman–Crippen MR) is 144 cm³/mol. The lowest BCUT2D eigenvalue weighted by atomic mass is 10.1. The number of unbranched alkanes of at least 4 members (excludes halogenated alkanes) is 1. The van der Waals surface area contributed by atoms with E-state index in [0.29, 0.717) is 28.2 Å². The Morgan fingerprint density at radius 3 is 2.38 bits per heavy atom. The summed E-state index contributed by atoms with van der Waals surface area (Å²) in [5, 5.41) is 2.50. The standard InChI is InChI=1S/C26H33ClF3N3O5S/c1-5-7-13-31-25(35)22(6-2)32(16-18-9-8-10-20(14-18)38-3)24(34)17-33(39(4,36)37)23-15-19(26(28,29)30)11-12-21(23)27/h8-12,14-15,22H,5-7,13,16-17H2,1-4H3,(H,31,35). The number of anilines is 1. The highest BCUT2D eigenvalue weighted by Gasteiger charge is 2.35. The van der Waals surface area contributed by atoms with Crippen LogP contribution in [0.15, 0.2) is 42.5 Å². The molecule has 8 nitrogen and oxygen atoms in total. The Morgan fingerprint density at radius 1 is 1.13 bits per heavy atom. The summed E-state index contributed by atoms with van der Waals surface area (Å²) in [7, 11) is -2.80. The Bertz CT molecular complexity index is 1260. The van der Waals surface area contributed by atoms with Crippen molar-refractivity contribution in [1.29, 1.82) is 0 Å². The number of amides is 2. The zero-order chi connectivity index (χ0) is 29.4. The van der Waals surface area contributed by atoms with E-state index in [9.17, 15) is 31.2 Å². The number of nitrogens with zero attached hydrogens (tertiary/aromatic N) is 2. The molecule has 0 aliphatic rings. The second-order valence-corrected chi connectivity index (χ2v) is 11.2. The van der Waals surface area contributed by atoms with Crippen molar-refractivity contribution in [3.63, 3.8) is 0 Å². The number of ether oxygens (including phenoxy) is 1. The number of hydrogen-bond donors (Lipinski definition) is 1. The maximum absolute atomic E-state index is 13.7.